The van der Waals surface area contributed by atoms with Gasteiger partial charge in [-0.3, -0.25) is 19.2 Å². The van der Waals surface area contributed by atoms with Gasteiger partial charge in [-0.15, -0.1) is 0 Å². The lowest BCUT2D eigenvalue weighted by molar-refractivity contribution is -0.227. The summed E-state index contributed by atoms with van der Waals surface area (Å²) in [7, 11) is 0. The van der Waals surface area contributed by atoms with Crippen molar-refractivity contribution in [2.75, 3.05) is 26.7 Å². The van der Waals surface area contributed by atoms with E-state index < -0.39 is 97.2 Å². The summed E-state index contributed by atoms with van der Waals surface area (Å²) >= 11 is 0. The van der Waals surface area contributed by atoms with E-state index in [0.29, 0.717) is 24.3 Å². The second-order valence-corrected chi connectivity index (χ2v) is 15.7. The fourth-order valence-electron chi connectivity index (χ4n) is 5.77. The Morgan fingerprint density at radius 2 is 1.29 bits per heavy atom. The average molecular weight is 806 g/mol. The maximum absolute atomic E-state index is 14.4. The molecule has 3 aromatic carbocycles. The van der Waals surface area contributed by atoms with Crippen LogP contribution in [0.15, 0.2) is 84.9 Å². The van der Waals surface area contributed by atoms with Crippen molar-refractivity contribution in [1.29, 1.82) is 0 Å². The summed E-state index contributed by atoms with van der Waals surface area (Å²) in [5, 5.41) is 10.1. The number of hydrogen-bond acceptors (Lipinski definition) is 13. The van der Waals surface area contributed by atoms with Gasteiger partial charge in [0.05, 0.1) is 17.4 Å². The number of aryl methyl sites for hydroxylation is 1. The molecule has 0 radical (unpaired) electrons. The zero-order valence-electron chi connectivity index (χ0n) is 33.8. The molecule has 4 rings (SSSR count). The maximum Gasteiger partial charge on any atom is 0.382 e. The van der Waals surface area contributed by atoms with Crippen molar-refractivity contribution < 1.29 is 67.0 Å². The molecule has 1 N–H and O–H groups in total. The van der Waals surface area contributed by atoms with Crippen LogP contribution >= 0.6 is 0 Å². The lowest BCUT2D eigenvalue weighted by Crippen LogP contribution is -2.53. The Hall–Kier alpha value is -5.80. The molecular weight excluding hydrogens is 754 g/mol. The molecule has 1 amide bonds. The van der Waals surface area contributed by atoms with E-state index in [4.69, 9.17) is 33.2 Å². The molecule has 1 saturated heterocycles. The largest absolute Gasteiger partial charge is 0.477 e. The van der Waals surface area contributed by atoms with E-state index in [1.54, 1.807) is 60.6 Å². The molecule has 15 nitrogen and oxygen atoms in total. The summed E-state index contributed by atoms with van der Waals surface area (Å²) in [5.74, 6) is -9.03. The van der Waals surface area contributed by atoms with Crippen LogP contribution < -0.4 is 4.74 Å². The van der Waals surface area contributed by atoms with Crippen molar-refractivity contribution in [3.8, 4) is 11.5 Å². The Kier molecular flexibility index (Phi) is 15.2. The van der Waals surface area contributed by atoms with Crippen LogP contribution in [0.4, 0.5) is 0 Å². The summed E-state index contributed by atoms with van der Waals surface area (Å²) in [4.78, 5) is 79.0. The molecule has 58 heavy (non-hydrogen) atoms. The zero-order valence-corrected chi connectivity index (χ0v) is 33.8. The SMILES string of the molecule is CC([C@H](CCc1ccccc1)c1ccc(Oc2ccccc2)cc1)N(CC(=O)OCOC(=O)C(C)(C)C)C(=O)[C@@H]1COC(C(=O)O)(C(=O)OCOC(=O)C(C)(C)C)O1. The molecule has 0 spiro atoms. The monoisotopic (exact) mass is 805 g/mol. The topological polar surface area (TPSA) is 190 Å². The van der Waals surface area contributed by atoms with E-state index in [9.17, 15) is 33.9 Å². The smallest absolute Gasteiger partial charge is 0.382 e. The highest BCUT2D eigenvalue weighted by Crippen LogP contribution is 2.34. The van der Waals surface area contributed by atoms with Crippen LogP contribution in [-0.2, 0) is 63.6 Å². The summed E-state index contributed by atoms with van der Waals surface area (Å²) in [6, 6.07) is 25.3. The van der Waals surface area contributed by atoms with Crippen LogP contribution in [0.1, 0.15) is 71.9 Å². The first kappa shape index (κ1) is 44.9. The molecule has 0 bridgehead atoms. The molecule has 1 fully saturated rings. The third-order valence-corrected chi connectivity index (χ3v) is 9.12. The standard InChI is InChI=1S/C43H51NO14/c1-28(33(23-18-29-14-10-8-11-15-29)30-19-21-32(22-20-30)57-31-16-12-9-13-17-31)44(24-35(45)52-26-53-38(49)41(2,3)4)36(46)34-25-56-43(58-34,37(47)48)40(51)55-27-54-39(50)42(5,6)7/h8-17,19-22,28,33-34H,18,23-27H2,1-7H3,(H,47,48)/t28?,33-,34-,43?/m0/s1. The first-order valence-corrected chi connectivity index (χ1v) is 18.7. The van der Waals surface area contributed by atoms with Crippen LogP contribution in [0.3, 0.4) is 0 Å². The molecule has 2 unspecified atom stereocenters. The Bertz CT molecular complexity index is 1890. The molecule has 312 valence electrons. The van der Waals surface area contributed by atoms with Gasteiger partial charge in [-0.05, 0) is 96.7 Å². The predicted octanol–water partition coefficient (Wildman–Crippen LogP) is 5.79. The number of hydrogen-bond donors (Lipinski definition) is 1. The third kappa shape index (κ3) is 12.1. The number of carbonyl (C=O) groups excluding carboxylic acids is 5. The van der Waals surface area contributed by atoms with Crippen molar-refractivity contribution in [1.82, 2.24) is 4.90 Å². The number of aliphatic carboxylic acids is 1. The van der Waals surface area contributed by atoms with Crippen molar-refractivity contribution in [3.63, 3.8) is 0 Å². The number of rotatable bonds is 17. The minimum Gasteiger partial charge on any atom is -0.477 e. The Labute approximate surface area is 337 Å². The predicted molar refractivity (Wildman–Crippen MR) is 206 cm³/mol. The van der Waals surface area contributed by atoms with E-state index in [0.717, 1.165) is 16.0 Å². The van der Waals surface area contributed by atoms with Gasteiger partial charge in [0.15, 0.2) is 6.10 Å². The number of carbonyl (C=O) groups is 6. The average Bonchev–Trinajstić information content (AvgIpc) is 3.65. The van der Waals surface area contributed by atoms with Crippen molar-refractivity contribution in [3.05, 3.63) is 96.1 Å². The van der Waals surface area contributed by atoms with Crippen LogP contribution in [0.2, 0.25) is 0 Å². The minimum atomic E-state index is -3.09. The summed E-state index contributed by atoms with van der Waals surface area (Å²) in [6.45, 7) is 8.24. The maximum atomic E-state index is 14.4. The van der Waals surface area contributed by atoms with Crippen LogP contribution in [0.25, 0.3) is 0 Å². The molecular formula is C43H51NO14. The van der Waals surface area contributed by atoms with Gasteiger partial charge in [-0.1, -0.05) is 60.7 Å². The molecule has 15 heteroatoms. The Balaban J connectivity index is 1.63. The Morgan fingerprint density at radius 1 is 0.759 bits per heavy atom. The Morgan fingerprint density at radius 3 is 1.84 bits per heavy atom. The van der Waals surface area contributed by atoms with Gasteiger partial charge in [0, 0.05) is 12.0 Å². The van der Waals surface area contributed by atoms with Crippen molar-refractivity contribution in [2.45, 2.75) is 85.2 Å². The first-order valence-electron chi connectivity index (χ1n) is 18.7. The molecule has 0 aliphatic carbocycles. The summed E-state index contributed by atoms with van der Waals surface area (Å²) in [6.07, 6.45) is -0.664. The van der Waals surface area contributed by atoms with Crippen LogP contribution in [-0.4, -0.2) is 90.4 Å². The number of nitrogens with zero attached hydrogens (tertiary/aromatic N) is 1. The number of carboxylic acids is 1. The number of para-hydroxylation sites is 1. The molecule has 1 aliphatic heterocycles. The normalized spacial score (nSPS) is 17.6. The summed E-state index contributed by atoms with van der Waals surface area (Å²) < 4.78 is 37.0. The fraction of sp³-hybridized carbons (Fsp3) is 0.442. The molecule has 0 saturated carbocycles. The second kappa shape index (κ2) is 19.6. The number of ether oxygens (including phenoxy) is 7. The minimum absolute atomic E-state index is 0.449. The summed E-state index contributed by atoms with van der Waals surface area (Å²) in [5.41, 5.74) is -0.0120. The van der Waals surface area contributed by atoms with Gasteiger partial charge < -0.3 is 43.2 Å². The number of benzene rings is 3. The zero-order chi connectivity index (χ0) is 42.7. The molecule has 0 aromatic heterocycles. The van der Waals surface area contributed by atoms with E-state index in [1.807, 2.05) is 72.8 Å². The highest BCUT2D eigenvalue weighted by molar-refractivity contribution is 6.02. The van der Waals surface area contributed by atoms with Gasteiger partial charge in [-0.2, -0.15) is 0 Å². The molecule has 1 heterocycles. The number of amides is 1. The van der Waals surface area contributed by atoms with Crippen LogP contribution in [0.5, 0.6) is 11.5 Å². The van der Waals surface area contributed by atoms with Crippen molar-refractivity contribution in [2.24, 2.45) is 10.8 Å². The van der Waals surface area contributed by atoms with E-state index in [-0.39, 0.29) is 0 Å². The second-order valence-electron chi connectivity index (χ2n) is 15.7. The molecule has 4 atom stereocenters. The number of carboxylic acid groups (broad SMARTS) is 1. The highest BCUT2D eigenvalue weighted by atomic mass is 16.8. The number of esters is 4. The van der Waals surface area contributed by atoms with Gasteiger partial charge in [0.2, 0.25) is 13.6 Å². The van der Waals surface area contributed by atoms with Crippen LogP contribution in [0, 0.1) is 10.8 Å². The lowest BCUT2D eigenvalue weighted by atomic mass is 9.85. The first-order chi connectivity index (χ1) is 27.3. The quantitative estimate of drug-likeness (QED) is 0.0980. The molecule has 1 aliphatic rings. The fourth-order valence-corrected chi connectivity index (χ4v) is 5.77. The highest BCUT2D eigenvalue weighted by Gasteiger charge is 2.59. The van der Waals surface area contributed by atoms with Gasteiger partial charge in [0.1, 0.15) is 18.0 Å². The van der Waals surface area contributed by atoms with E-state index >= 15 is 0 Å². The van der Waals surface area contributed by atoms with Gasteiger partial charge >= 0.3 is 35.6 Å². The van der Waals surface area contributed by atoms with Gasteiger partial charge in [0.25, 0.3) is 5.91 Å². The molecule has 3 aromatic rings. The van der Waals surface area contributed by atoms with E-state index in [2.05, 4.69) is 0 Å². The lowest BCUT2D eigenvalue weighted by Gasteiger charge is -2.36. The van der Waals surface area contributed by atoms with Gasteiger partial charge in [-0.25, -0.2) is 9.59 Å². The van der Waals surface area contributed by atoms with E-state index in [1.165, 1.54) is 0 Å². The van der Waals surface area contributed by atoms with Crippen molar-refractivity contribution >= 4 is 35.8 Å². The third-order valence-electron chi connectivity index (χ3n) is 9.12.